The third-order valence-corrected chi connectivity index (χ3v) is 5.28. The Labute approximate surface area is 162 Å². The van der Waals surface area contributed by atoms with Gasteiger partial charge in [0.2, 0.25) is 0 Å². The molecule has 4 aromatic rings. The Morgan fingerprint density at radius 3 is 2.89 bits per heavy atom. The molecule has 0 radical (unpaired) electrons. The Bertz CT molecular complexity index is 1130. The van der Waals surface area contributed by atoms with Crippen LogP contribution in [0.15, 0.2) is 30.9 Å². The van der Waals surface area contributed by atoms with E-state index in [2.05, 4.69) is 33.1 Å². The van der Waals surface area contributed by atoms with Gasteiger partial charge in [0, 0.05) is 32.4 Å². The number of fused-ring (bicyclic) bond motifs is 1. The molecule has 0 aliphatic carbocycles. The zero-order valence-corrected chi connectivity index (χ0v) is 16.1. The molecule has 0 spiro atoms. The summed E-state index contributed by atoms with van der Waals surface area (Å²) < 4.78 is 9.51. The van der Waals surface area contributed by atoms with E-state index in [1.807, 2.05) is 41.9 Å². The minimum atomic E-state index is 0.253. The lowest BCUT2D eigenvalue weighted by Crippen LogP contribution is -2.44. The summed E-state index contributed by atoms with van der Waals surface area (Å²) in [5.41, 5.74) is 5.42. The molecule has 0 aromatic carbocycles. The monoisotopic (exact) mass is 378 g/mol. The molecule has 9 heteroatoms. The van der Waals surface area contributed by atoms with E-state index in [4.69, 9.17) is 14.8 Å². The number of rotatable bonds is 3. The summed E-state index contributed by atoms with van der Waals surface area (Å²) in [6.07, 6.45) is 5.48. The highest BCUT2D eigenvalue weighted by Gasteiger charge is 2.25. The van der Waals surface area contributed by atoms with E-state index in [0.29, 0.717) is 13.2 Å². The fraction of sp³-hybridized carbons (Fsp3) is 0.368. The number of hydrogen-bond donors (Lipinski definition) is 1. The van der Waals surface area contributed by atoms with Crippen LogP contribution in [0.4, 0.5) is 5.82 Å². The van der Waals surface area contributed by atoms with Gasteiger partial charge in [0.15, 0.2) is 0 Å². The minimum absolute atomic E-state index is 0.253. The summed E-state index contributed by atoms with van der Waals surface area (Å²) in [6, 6.07) is 4.30. The number of pyridine rings is 1. The van der Waals surface area contributed by atoms with Gasteiger partial charge in [-0.3, -0.25) is 9.78 Å². The summed E-state index contributed by atoms with van der Waals surface area (Å²) >= 11 is 0. The summed E-state index contributed by atoms with van der Waals surface area (Å²) in [5.74, 6) is 0.921. The van der Waals surface area contributed by atoms with Crippen LogP contribution in [0, 0.1) is 0 Å². The maximum absolute atomic E-state index is 5.62. The van der Waals surface area contributed by atoms with E-state index in [1.165, 1.54) is 0 Å². The minimum Gasteiger partial charge on any atom is -0.377 e. The van der Waals surface area contributed by atoms with Crippen molar-refractivity contribution in [2.45, 2.75) is 13.0 Å². The zero-order valence-electron chi connectivity index (χ0n) is 16.1. The van der Waals surface area contributed by atoms with Crippen LogP contribution in [0.2, 0.25) is 0 Å². The SMILES string of the molecule is C[C@@H]1COCCN1c1cc(-c2cncn2C)c2c(n1)c(-c1cc[nH]n1)nn2C. The number of anilines is 1. The lowest BCUT2D eigenvalue weighted by Gasteiger charge is -2.34. The summed E-state index contributed by atoms with van der Waals surface area (Å²) in [7, 11) is 3.94. The molecule has 144 valence electrons. The van der Waals surface area contributed by atoms with E-state index in [0.717, 1.165) is 46.0 Å². The Hall–Kier alpha value is -3.20. The van der Waals surface area contributed by atoms with Gasteiger partial charge in [0.05, 0.1) is 43.0 Å². The van der Waals surface area contributed by atoms with Gasteiger partial charge in [0.25, 0.3) is 0 Å². The predicted octanol–water partition coefficient (Wildman–Crippen LogP) is 1.98. The molecule has 0 bridgehead atoms. The molecule has 1 saturated heterocycles. The smallest absolute Gasteiger partial charge is 0.139 e. The number of nitrogens with one attached hydrogen (secondary N) is 1. The van der Waals surface area contributed by atoms with Crippen LogP contribution in [-0.4, -0.2) is 60.3 Å². The first-order valence-electron chi connectivity index (χ1n) is 9.32. The van der Waals surface area contributed by atoms with Crippen molar-refractivity contribution >= 4 is 16.9 Å². The van der Waals surface area contributed by atoms with Crippen LogP contribution in [-0.2, 0) is 18.8 Å². The van der Waals surface area contributed by atoms with Gasteiger partial charge in [-0.2, -0.15) is 10.2 Å². The van der Waals surface area contributed by atoms with Gasteiger partial charge in [-0.05, 0) is 19.1 Å². The second kappa shape index (κ2) is 6.45. The quantitative estimate of drug-likeness (QED) is 0.586. The van der Waals surface area contributed by atoms with Crippen molar-refractivity contribution in [3.8, 4) is 22.6 Å². The van der Waals surface area contributed by atoms with E-state index in [-0.39, 0.29) is 6.04 Å². The first-order chi connectivity index (χ1) is 13.6. The second-order valence-electron chi connectivity index (χ2n) is 7.16. The molecule has 5 heterocycles. The average molecular weight is 378 g/mol. The topological polar surface area (TPSA) is 89.7 Å². The van der Waals surface area contributed by atoms with E-state index in [1.54, 1.807) is 6.20 Å². The number of ether oxygens (including phenoxy) is 1. The maximum Gasteiger partial charge on any atom is 0.139 e. The lowest BCUT2D eigenvalue weighted by atomic mass is 10.1. The highest BCUT2D eigenvalue weighted by Crippen LogP contribution is 2.35. The van der Waals surface area contributed by atoms with Crippen LogP contribution in [0.25, 0.3) is 33.7 Å². The van der Waals surface area contributed by atoms with E-state index in [9.17, 15) is 0 Å². The predicted molar refractivity (Wildman–Crippen MR) is 106 cm³/mol. The third kappa shape index (κ3) is 2.58. The molecule has 1 aliphatic heterocycles. The van der Waals surface area contributed by atoms with Crippen molar-refractivity contribution in [1.82, 2.24) is 34.5 Å². The number of hydrogen-bond acceptors (Lipinski definition) is 6. The van der Waals surface area contributed by atoms with Crippen LogP contribution < -0.4 is 4.90 Å². The van der Waals surface area contributed by atoms with Crippen molar-refractivity contribution in [3.63, 3.8) is 0 Å². The van der Waals surface area contributed by atoms with Crippen molar-refractivity contribution in [2.75, 3.05) is 24.7 Å². The third-order valence-electron chi connectivity index (χ3n) is 5.28. The summed E-state index contributed by atoms with van der Waals surface area (Å²) in [4.78, 5) is 11.6. The molecule has 9 nitrogen and oxygen atoms in total. The first kappa shape index (κ1) is 16.9. The molecule has 1 atom stereocenters. The highest BCUT2D eigenvalue weighted by molar-refractivity contribution is 5.99. The van der Waals surface area contributed by atoms with E-state index >= 15 is 0 Å². The zero-order chi connectivity index (χ0) is 19.3. The molecule has 4 aromatic heterocycles. The van der Waals surface area contributed by atoms with Crippen LogP contribution in [0.1, 0.15) is 6.92 Å². The lowest BCUT2D eigenvalue weighted by molar-refractivity contribution is 0.0986. The number of morpholine rings is 1. The molecule has 28 heavy (non-hydrogen) atoms. The molecular formula is C19H22N8O. The van der Waals surface area contributed by atoms with Gasteiger partial charge in [-0.25, -0.2) is 9.97 Å². The molecule has 1 aliphatic rings. The number of imidazole rings is 1. The second-order valence-corrected chi connectivity index (χ2v) is 7.16. The van der Waals surface area contributed by atoms with Crippen LogP contribution >= 0.6 is 0 Å². The van der Waals surface area contributed by atoms with Crippen molar-refractivity contribution in [2.24, 2.45) is 14.1 Å². The Kier molecular flexibility index (Phi) is 3.90. The number of nitrogens with zero attached hydrogens (tertiary/aromatic N) is 7. The average Bonchev–Trinajstić information content (AvgIpc) is 3.42. The highest BCUT2D eigenvalue weighted by atomic mass is 16.5. The van der Waals surface area contributed by atoms with Gasteiger partial charge in [0.1, 0.15) is 22.7 Å². The Balaban J connectivity index is 1.80. The standard InChI is InChI=1S/C19H22N8O/c1-12-10-28-7-6-27(12)16-8-13(15-9-20-11-25(15)2)19-18(22-16)17(24-26(19)3)14-4-5-21-23-14/h4-5,8-9,11-12H,6-7,10H2,1-3H3,(H,21,23)/t12-/m1/s1. The molecule has 0 unspecified atom stereocenters. The van der Waals surface area contributed by atoms with E-state index < -0.39 is 0 Å². The van der Waals surface area contributed by atoms with Crippen molar-refractivity contribution < 1.29 is 4.74 Å². The summed E-state index contributed by atoms with van der Waals surface area (Å²) in [5, 5.41) is 11.9. The van der Waals surface area contributed by atoms with Gasteiger partial charge in [-0.1, -0.05) is 0 Å². The molecule has 1 fully saturated rings. The first-order valence-corrected chi connectivity index (χ1v) is 9.32. The molecular weight excluding hydrogens is 356 g/mol. The van der Waals surface area contributed by atoms with Crippen molar-refractivity contribution in [1.29, 1.82) is 0 Å². The normalized spacial score (nSPS) is 17.5. The number of aromatic nitrogens is 7. The summed E-state index contributed by atoms with van der Waals surface area (Å²) in [6.45, 7) is 4.36. The van der Waals surface area contributed by atoms with Crippen molar-refractivity contribution in [3.05, 3.63) is 30.9 Å². The fourth-order valence-electron chi connectivity index (χ4n) is 3.86. The molecule has 0 saturated carbocycles. The molecule has 5 rings (SSSR count). The number of aromatic amines is 1. The van der Waals surface area contributed by atoms with Gasteiger partial charge in [-0.15, -0.1) is 0 Å². The Morgan fingerprint density at radius 1 is 1.29 bits per heavy atom. The molecule has 0 amide bonds. The van der Waals surface area contributed by atoms with Gasteiger partial charge >= 0.3 is 0 Å². The number of aryl methyl sites for hydroxylation is 2. The maximum atomic E-state index is 5.62. The van der Waals surface area contributed by atoms with Crippen LogP contribution in [0.5, 0.6) is 0 Å². The van der Waals surface area contributed by atoms with Crippen LogP contribution in [0.3, 0.4) is 0 Å². The molecule has 1 N–H and O–H groups in total. The van der Waals surface area contributed by atoms with Gasteiger partial charge < -0.3 is 14.2 Å². The Morgan fingerprint density at radius 2 is 2.18 bits per heavy atom. The largest absolute Gasteiger partial charge is 0.377 e. The number of H-pyrrole nitrogens is 1. The fourth-order valence-corrected chi connectivity index (χ4v) is 3.86.